The predicted octanol–water partition coefficient (Wildman–Crippen LogP) is 2.35. The molecule has 23 heavy (non-hydrogen) atoms. The highest BCUT2D eigenvalue weighted by Crippen LogP contribution is 2.23. The fourth-order valence-corrected chi connectivity index (χ4v) is 3.12. The first-order chi connectivity index (χ1) is 11.2. The van der Waals surface area contributed by atoms with Crippen molar-refractivity contribution in [2.24, 2.45) is 0 Å². The highest BCUT2D eigenvalue weighted by Gasteiger charge is 2.35. The maximum atomic E-state index is 12.9. The molecule has 0 spiro atoms. The molecule has 0 unspecified atom stereocenters. The van der Waals surface area contributed by atoms with E-state index >= 15 is 0 Å². The number of carbonyl (C=O) groups is 1. The molecule has 1 aromatic heterocycles. The first-order valence-corrected chi connectivity index (χ1v) is 7.79. The topological polar surface area (TPSA) is 43.7 Å². The summed E-state index contributed by atoms with van der Waals surface area (Å²) in [4.78, 5) is 14.8. The molecule has 5 nitrogen and oxygen atoms in total. The Balaban J connectivity index is 1.83. The van der Waals surface area contributed by atoms with Crippen LogP contribution < -0.4 is 0 Å². The number of hydrogen-bond donors (Lipinski definition) is 0. The second kappa shape index (κ2) is 6.98. The predicted molar refractivity (Wildman–Crippen MR) is 87.9 cm³/mol. The molecule has 0 N–H and O–H groups in total. The summed E-state index contributed by atoms with van der Waals surface area (Å²) in [5, 5.41) is 0. The fourth-order valence-electron chi connectivity index (χ4n) is 3.12. The van der Waals surface area contributed by atoms with Crippen LogP contribution >= 0.6 is 0 Å². The normalized spacial score (nSPS) is 20.9. The Morgan fingerprint density at radius 3 is 2.70 bits per heavy atom. The molecule has 0 aliphatic carbocycles. The zero-order valence-electron chi connectivity index (χ0n) is 13.5. The fraction of sp³-hybridized carbons (Fsp3) is 0.389. The maximum absolute atomic E-state index is 12.9. The lowest BCUT2D eigenvalue weighted by atomic mass is 10.1. The van der Waals surface area contributed by atoms with Crippen LogP contribution in [-0.4, -0.2) is 54.9 Å². The van der Waals surface area contributed by atoms with Gasteiger partial charge in [0.25, 0.3) is 5.91 Å². The number of likely N-dealkylation sites (tertiary alicyclic amines) is 1. The largest absolute Gasteiger partial charge is 0.383 e. The van der Waals surface area contributed by atoms with Crippen molar-refractivity contribution in [1.82, 2.24) is 9.47 Å². The van der Waals surface area contributed by atoms with Crippen LogP contribution in [0.4, 0.5) is 0 Å². The van der Waals surface area contributed by atoms with Crippen molar-refractivity contribution < 1.29 is 14.3 Å². The van der Waals surface area contributed by atoms with E-state index < -0.39 is 0 Å². The zero-order chi connectivity index (χ0) is 16.2. The third kappa shape index (κ3) is 3.30. The molecular formula is C18H22N2O3. The minimum absolute atomic E-state index is 0.0283. The summed E-state index contributed by atoms with van der Waals surface area (Å²) in [7, 11) is 3.35. The van der Waals surface area contributed by atoms with Gasteiger partial charge in [-0.1, -0.05) is 6.07 Å². The summed E-state index contributed by atoms with van der Waals surface area (Å²) in [6, 6.07) is 11.7. The van der Waals surface area contributed by atoms with Crippen LogP contribution in [0, 0.1) is 0 Å². The number of methoxy groups -OCH3 is 2. The molecule has 0 saturated carbocycles. The Morgan fingerprint density at radius 1 is 1.22 bits per heavy atom. The van der Waals surface area contributed by atoms with E-state index in [1.807, 2.05) is 58.3 Å². The van der Waals surface area contributed by atoms with Crippen molar-refractivity contribution in [2.75, 3.05) is 27.4 Å². The van der Waals surface area contributed by atoms with Crippen molar-refractivity contribution in [2.45, 2.75) is 18.6 Å². The highest BCUT2D eigenvalue weighted by atomic mass is 16.5. The minimum atomic E-state index is 0.0283. The first-order valence-electron chi connectivity index (χ1n) is 7.79. The molecule has 1 aromatic carbocycles. The number of benzene rings is 1. The summed E-state index contributed by atoms with van der Waals surface area (Å²) in [6.45, 7) is 1.14. The van der Waals surface area contributed by atoms with Gasteiger partial charge >= 0.3 is 0 Å². The van der Waals surface area contributed by atoms with E-state index in [0.717, 1.165) is 12.1 Å². The standard InChI is InChI=1S/C18H22N2O3/c1-22-13-16-11-17(23-2)12-20(16)18(21)14-6-5-7-15(10-14)19-8-3-4-9-19/h3-10,16-17H,11-13H2,1-2H3/t16-,17-/m0/s1. The molecule has 122 valence electrons. The molecule has 2 atom stereocenters. The van der Waals surface area contributed by atoms with Gasteiger partial charge in [-0.15, -0.1) is 0 Å². The Kier molecular flexibility index (Phi) is 4.79. The van der Waals surface area contributed by atoms with Gasteiger partial charge < -0.3 is 18.9 Å². The Morgan fingerprint density at radius 2 is 2.00 bits per heavy atom. The molecule has 1 saturated heterocycles. The van der Waals surface area contributed by atoms with Gasteiger partial charge in [0.15, 0.2) is 0 Å². The molecule has 1 amide bonds. The molecule has 5 heteroatoms. The van der Waals surface area contributed by atoms with Crippen molar-refractivity contribution in [3.63, 3.8) is 0 Å². The van der Waals surface area contributed by atoms with Crippen LogP contribution in [-0.2, 0) is 9.47 Å². The number of amides is 1. The Hall–Kier alpha value is -2.11. The molecular weight excluding hydrogens is 292 g/mol. The quantitative estimate of drug-likeness (QED) is 0.851. The molecule has 2 heterocycles. The zero-order valence-corrected chi connectivity index (χ0v) is 13.5. The van der Waals surface area contributed by atoms with E-state index in [9.17, 15) is 4.79 Å². The Bertz CT molecular complexity index is 654. The molecule has 1 fully saturated rings. The lowest BCUT2D eigenvalue weighted by molar-refractivity contribution is 0.0612. The third-order valence-corrected chi connectivity index (χ3v) is 4.33. The molecule has 0 radical (unpaired) electrons. The van der Waals surface area contributed by atoms with Crippen LogP contribution in [0.25, 0.3) is 5.69 Å². The van der Waals surface area contributed by atoms with Gasteiger partial charge in [0, 0.05) is 44.4 Å². The summed E-state index contributed by atoms with van der Waals surface area (Å²) in [5.74, 6) is 0.0283. The van der Waals surface area contributed by atoms with Gasteiger partial charge in [-0.05, 0) is 36.8 Å². The van der Waals surface area contributed by atoms with E-state index in [-0.39, 0.29) is 18.1 Å². The van der Waals surface area contributed by atoms with Crippen molar-refractivity contribution in [1.29, 1.82) is 0 Å². The van der Waals surface area contributed by atoms with Crippen LogP contribution in [0.5, 0.6) is 0 Å². The smallest absolute Gasteiger partial charge is 0.254 e. The summed E-state index contributed by atoms with van der Waals surface area (Å²) in [5.41, 5.74) is 1.67. The van der Waals surface area contributed by atoms with Crippen molar-refractivity contribution in [3.05, 3.63) is 54.4 Å². The van der Waals surface area contributed by atoms with Crippen LogP contribution in [0.3, 0.4) is 0 Å². The van der Waals surface area contributed by atoms with Gasteiger partial charge in [0.05, 0.1) is 18.8 Å². The van der Waals surface area contributed by atoms with Crippen LogP contribution in [0.1, 0.15) is 16.8 Å². The average molecular weight is 314 g/mol. The second-order valence-corrected chi connectivity index (χ2v) is 5.80. The molecule has 2 aromatic rings. The lowest BCUT2D eigenvalue weighted by Gasteiger charge is -2.24. The summed E-state index contributed by atoms with van der Waals surface area (Å²) < 4.78 is 12.7. The Labute approximate surface area is 136 Å². The second-order valence-electron chi connectivity index (χ2n) is 5.80. The SMILES string of the molecule is COC[C@@H]1C[C@H](OC)CN1C(=O)c1cccc(-n2cccc2)c1. The van der Waals surface area contributed by atoms with E-state index in [2.05, 4.69) is 0 Å². The number of hydrogen-bond acceptors (Lipinski definition) is 3. The lowest BCUT2D eigenvalue weighted by Crippen LogP contribution is -2.38. The third-order valence-electron chi connectivity index (χ3n) is 4.33. The van der Waals surface area contributed by atoms with Crippen LogP contribution in [0.2, 0.25) is 0 Å². The summed E-state index contributed by atoms with van der Waals surface area (Å²) in [6.07, 6.45) is 4.82. The minimum Gasteiger partial charge on any atom is -0.383 e. The number of ether oxygens (including phenoxy) is 2. The van der Waals surface area contributed by atoms with E-state index in [4.69, 9.17) is 9.47 Å². The number of aromatic nitrogens is 1. The van der Waals surface area contributed by atoms with Crippen molar-refractivity contribution >= 4 is 5.91 Å². The number of nitrogens with zero attached hydrogens (tertiary/aromatic N) is 2. The number of carbonyl (C=O) groups excluding carboxylic acids is 1. The van der Waals surface area contributed by atoms with Gasteiger partial charge in [-0.3, -0.25) is 4.79 Å². The summed E-state index contributed by atoms with van der Waals surface area (Å²) >= 11 is 0. The monoisotopic (exact) mass is 314 g/mol. The van der Waals surface area contributed by atoms with E-state index in [1.165, 1.54) is 0 Å². The van der Waals surface area contributed by atoms with E-state index in [1.54, 1.807) is 14.2 Å². The van der Waals surface area contributed by atoms with Crippen LogP contribution in [0.15, 0.2) is 48.8 Å². The average Bonchev–Trinajstić information content (AvgIpc) is 3.24. The molecule has 0 bridgehead atoms. The highest BCUT2D eigenvalue weighted by molar-refractivity contribution is 5.95. The first kappa shape index (κ1) is 15.8. The molecule has 1 aliphatic rings. The maximum Gasteiger partial charge on any atom is 0.254 e. The van der Waals surface area contributed by atoms with Gasteiger partial charge in [0.1, 0.15) is 0 Å². The molecule has 1 aliphatic heterocycles. The van der Waals surface area contributed by atoms with Gasteiger partial charge in [-0.2, -0.15) is 0 Å². The van der Waals surface area contributed by atoms with E-state index in [0.29, 0.717) is 18.7 Å². The van der Waals surface area contributed by atoms with Crippen molar-refractivity contribution in [3.8, 4) is 5.69 Å². The number of rotatable bonds is 5. The van der Waals surface area contributed by atoms with Gasteiger partial charge in [-0.25, -0.2) is 0 Å². The van der Waals surface area contributed by atoms with Gasteiger partial charge in [0.2, 0.25) is 0 Å². The molecule has 3 rings (SSSR count).